The van der Waals surface area contributed by atoms with Gasteiger partial charge in [-0.25, -0.2) is 0 Å². The van der Waals surface area contributed by atoms with Gasteiger partial charge in [-0.3, -0.25) is 0 Å². The fourth-order valence-electron chi connectivity index (χ4n) is 2.73. The van der Waals surface area contributed by atoms with Crippen LogP contribution in [0, 0.1) is 0 Å². The van der Waals surface area contributed by atoms with Crippen molar-refractivity contribution in [1.29, 1.82) is 0 Å². The molecule has 2 nitrogen and oxygen atoms in total. The van der Waals surface area contributed by atoms with Gasteiger partial charge in [0.2, 0.25) is 0 Å². The van der Waals surface area contributed by atoms with Crippen LogP contribution in [-0.2, 0) is 6.42 Å². The lowest BCUT2D eigenvalue weighted by atomic mass is 10.0. The first kappa shape index (κ1) is 16.2. The van der Waals surface area contributed by atoms with Crippen LogP contribution in [0.4, 0.5) is 5.69 Å². The highest BCUT2D eigenvalue weighted by Crippen LogP contribution is 2.27. The van der Waals surface area contributed by atoms with Gasteiger partial charge in [-0.05, 0) is 35.7 Å². The molecule has 3 rings (SSSR count). The molecule has 1 aliphatic rings. The van der Waals surface area contributed by atoms with E-state index in [1.807, 2.05) is 6.07 Å². The van der Waals surface area contributed by atoms with Gasteiger partial charge in [-0.1, -0.05) is 41.9 Å². The number of hydrogen-bond acceptors (Lipinski definition) is 2. The molecule has 0 atom stereocenters. The molecule has 1 fully saturated rings. The zero-order chi connectivity index (χ0) is 13.8. The molecule has 1 heterocycles. The Hall–Kier alpha value is -1.22. The molecule has 1 N–H and O–H groups in total. The highest BCUT2D eigenvalue weighted by molar-refractivity contribution is 6.30. The molecule has 1 saturated heterocycles. The highest BCUT2D eigenvalue weighted by atomic mass is 35.5. The Balaban J connectivity index is 0.00000161. The topological polar surface area (TPSA) is 15.3 Å². The van der Waals surface area contributed by atoms with Gasteiger partial charge < -0.3 is 10.2 Å². The lowest BCUT2D eigenvalue weighted by molar-refractivity contribution is 0.588. The highest BCUT2D eigenvalue weighted by Gasteiger charge is 2.14. The van der Waals surface area contributed by atoms with Crippen LogP contribution in [0.5, 0.6) is 0 Å². The monoisotopic (exact) mass is 322 g/mol. The molecule has 0 aliphatic carbocycles. The Kier molecular flexibility index (Phi) is 5.92. The lowest BCUT2D eigenvalue weighted by Crippen LogP contribution is -2.43. The molecule has 0 bridgehead atoms. The maximum Gasteiger partial charge on any atom is 0.0410 e. The summed E-state index contributed by atoms with van der Waals surface area (Å²) in [7, 11) is 0. The van der Waals surface area contributed by atoms with Gasteiger partial charge in [0.1, 0.15) is 0 Å². The van der Waals surface area contributed by atoms with Crippen LogP contribution in [0.25, 0.3) is 0 Å². The summed E-state index contributed by atoms with van der Waals surface area (Å²) in [5.74, 6) is 0. The molecule has 0 aromatic heterocycles. The van der Waals surface area contributed by atoms with Gasteiger partial charge >= 0.3 is 0 Å². The van der Waals surface area contributed by atoms with E-state index in [0.717, 1.165) is 37.6 Å². The third-order valence-electron chi connectivity index (χ3n) is 3.74. The molecular weight excluding hydrogens is 303 g/mol. The molecule has 0 unspecified atom stereocenters. The number of nitrogens with zero attached hydrogens (tertiary/aromatic N) is 1. The fraction of sp³-hybridized carbons (Fsp3) is 0.294. The summed E-state index contributed by atoms with van der Waals surface area (Å²) < 4.78 is 0. The van der Waals surface area contributed by atoms with Crippen LogP contribution in [0.1, 0.15) is 11.1 Å². The zero-order valence-corrected chi connectivity index (χ0v) is 13.5. The van der Waals surface area contributed by atoms with Crippen molar-refractivity contribution in [3.05, 3.63) is 64.7 Å². The predicted molar refractivity (Wildman–Crippen MR) is 93.0 cm³/mol. The number of halogens is 2. The summed E-state index contributed by atoms with van der Waals surface area (Å²) in [6, 6.07) is 16.8. The normalized spacial score (nSPS) is 14.6. The van der Waals surface area contributed by atoms with Crippen molar-refractivity contribution in [3.63, 3.8) is 0 Å². The van der Waals surface area contributed by atoms with Gasteiger partial charge in [0.05, 0.1) is 0 Å². The van der Waals surface area contributed by atoms with E-state index in [1.54, 1.807) is 0 Å². The Morgan fingerprint density at radius 2 is 1.71 bits per heavy atom. The van der Waals surface area contributed by atoms with E-state index in [0.29, 0.717) is 0 Å². The van der Waals surface area contributed by atoms with Crippen molar-refractivity contribution in [2.75, 3.05) is 31.1 Å². The third kappa shape index (κ3) is 4.13. The summed E-state index contributed by atoms with van der Waals surface area (Å²) in [6.45, 7) is 4.22. The van der Waals surface area contributed by atoms with Gasteiger partial charge in [0.25, 0.3) is 0 Å². The summed E-state index contributed by atoms with van der Waals surface area (Å²) in [4.78, 5) is 2.45. The fourth-order valence-corrected chi connectivity index (χ4v) is 2.92. The number of anilines is 1. The van der Waals surface area contributed by atoms with Crippen molar-refractivity contribution >= 4 is 29.7 Å². The zero-order valence-electron chi connectivity index (χ0n) is 11.9. The maximum absolute atomic E-state index is 6.19. The minimum Gasteiger partial charge on any atom is -0.369 e. The summed E-state index contributed by atoms with van der Waals surface area (Å²) in [6.07, 6.45) is 0.931. The van der Waals surface area contributed by atoms with E-state index in [2.05, 4.69) is 52.7 Å². The van der Waals surface area contributed by atoms with Crippen LogP contribution in [0.2, 0.25) is 5.02 Å². The van der Waals surface area contributed by atoms with Crippen molar-refractivity contribution in [1.82, 2.24) is 5.32 Å². The van der Waals surface area contributed by atoms with E-state index in [4.69, 9.17) is 11.6 Å². The number of rotatable bonds is 3. The average Bonchev–Trinajstić information content (AvgIpc) is 2.49. The molecule has 2 aromatic rings. The van der Waals surface area contributed by atoms with Crippen molar-refractivity contribution < 1.29 is 0 Å². The van der Waals surface area contributed by atoms with Crippen molar-refractivity contribution in [2.45, 2.75) is 6.42 Å². The molecule has 1 aliphatic heterocycles. The van der Waals surface area contributed by atoms with E-state index in [9.17, 15) is 0 Å². The molecule has 0 amide bonds. The number of hydrogen-bond donors (Lipinski definition) is 1. The van der Waals surface area contributed by atoms with Gasteiger partial charge in [-0.2, -0.15) is 0 Å². The lowest BCUT2D eigenvalue weighted by Gasteiger charge is -2.31. The molecule has 0 radical (unpaired) electrons. The van der Waals surface area contributed by atoms with E-state index >= 15 is 0 Å². The number of benzene rings is 2. The van der Waals surface area contributed by atoms with Crippen LogP contribution >= 0.6 is 24.0 Å². The first-order valence-electron chi connectivity index (χ1n) is 7.11. The van der Waals surface area contributed by atoms with E-state index < -0.39 is 0 Å². The molecular formula is C17H20Cl2N2. The van der Waals surface area contributed by atoms with E-state index in [1.165, 1.54) is 16.8 Å². The van der Waals surface area contributed by atoms with Crippen LogP contribution in [-0.4, -0.2) is 26.2 Å². The second-order valence-electron chi connectivity index (χ2n) is 5.17. The second-order valence-corrected chi connectivity index (χ2v) is 5.61. The predicted octanol–water partition coefficient (Wildman–Crippen LogP) is 3.76. The van der Waals surface area contributed by atoms with Crippen molar-refractivity contribution in [2.24, 2.45) is 0 Å². The third-order valence-corrected chi connectivity index (χ3v) is 3.97. The first-order chi connectivity index (χ1) is 9.83. The van der Waals surface area contributed by atoms with Crippen molar-refractivity contribution in [3.8, 4) is 0 Å². The first-order valence-corrected chi connectivity index (χ1v) is 7.49. The largest absolute Gasteiger partial charge is 0.369 e. The minimum absolute atomic E-state index is 0. The molecule has 21 heavy (non-hydrogen) atoms. The quantitative estimate of drug-likeness (QED) is 0.925. The summed E-state index contributed by atoms with van der Waals surface area (Å²) in [5.41, 5.74) is 3.96. The molecule has 2 aromatic carbocycles. The van der Waals surface area contributed by atoms with Gasteiger partial charge in [-0.15, -0.1) is 12.4 Å². The Labute approximate surface area is 137 Å². The summed E-state index contributed by atoms with van der Waals surface area (Å²) >= 11 is 6.19. The van der Waals surface area contributed by atoms with Gasteiger partial charge in [0, 0.05) is 36.9 Å². The standard InChI is InChI=1S/C17H19ClN2.ClH/c18-16-6-7-17(20-10-8-19-9-11-20)15(13-16)12-14-4-2-1-3-5-14;/h1-7,13,19H,8-12H2;1H. The SMILES string of the molecule is Cl.Clc1ccc(N2CCNCC2)c(Cc2ccccc2)c1. The second kappa shape index (κ2) is 7.69. The minimum atomic E-state index is 0. The van der Waals surface area contributed by atoms with Crippen LogP contribution in [0.3, 0.4) is 0 Å². The Bertz CT molecular complexity index is 566. The van der Waals surface area contributed by atoms with Crippen LogP contribution < -0.4 is 10.2 Å². The maximum atomic E-state index is 6.19. The average molecular weight is 323 g/mol. The van der Waals surface area contributed by atoms with Crippen LogP contribution in [0.15, 0.2) is 48.5 Å². The van der Waals surface area contributed by atoms with E-state index in [-0.39, 0.29) is 12.4 Å². The Morgan fingerprint density at radius 3 is 2.43 bits per heavy atom. The molecule has 4 heteroatoms. The smallest absolute Gasteiger partial charge is 0.0410 e. The number of piperazine rings is 1. The number of nitrogens with one attached hydrogen (secondary N) is 1. The molecule has 0 spiro atoms. The summed E-state index contributed by atoms with van der Waals surface area (Å²) in [5, 5.41) is 4.21. The molecule has 112 valence electrons. The van der Waals surface area contributed by atoms with Gasteiger partial charge in [0.15, 0.2) is 0 Å². The molecule has 0 saturated carbocycles. The Morgan fingerprint density at radius 1 is 1.00 bits per heavy atom.